The number of carbonyl (C=O) groups is 1. The van der Waals surface area contributed by atoms with Crippen LogP contribution in [0, 0.1) is 0 Å². The second kappa shape index (κ2) is 5.53. The smallest absolute Gasteiger partial charge is 0.263 e. The van der Waals surface area contributed by atoms with E-state index in [4.69, 9.17) is 0 Å². The van der Waals surface area contributed by atoms with Crippen molar-refractivity contribution in [3.63, 3.8) is 0 Å². The molecule has 0 N–H and O–H groups in total. The Kier molecular flexibility index (Phi) is 3.38. The summed E-state index contributed by atoms with van der Waals surface area (Å²) in [5, 5.41) is 1.95. The highest BCUT2D eigenvalue weighted by atomic mass is 32.1. The molecule has 0 unspecified atom stereocenters. The van der Waals surface area contributed by atoms with Crippen LogP contribution in [0.1, 0.15) is 28.6 Å². The van der Waals surface area contributed by atoms with Crippen LogP contribution in [0.4, 0.5) is 0 Å². The monoisotopic (exact) mass is 312 g/mol. The number of fused-ring (bicyclic) bond motifs is 1. The summed E-state index contributed by atoms with van der Waals surface area (Å²) in [6, 6.07) is 8.07. The topological polar surface area (TPSA) is 51.0 Å². The maximum absolute atomic E-state index is 12.4. The van der Waals surface area contributed by atoms with Crippen LogP contribution in [0.25, 0.3) is 11.2 Å². The average Bonchev–Trinajstić information content (AvgIpc) is 3.24. The molecule has 22 heavy (non-hydrogen) atoms. The van der Waals surface area contributed by atoms with E-state index >= 15 is 0 Å². The van der Waals surface area contributed by atoms with Crippen LogP contribution in [0.2, 0.25) is 0 Å². The molecule has 1 aliphatic rings. The minimum absolute atomic E-state index is 0.155. The van der Waals surface area contributed by atoms with E-state index in [1.165, 1.54) is 11.3 Å². The predicted octanol–water partition coefficient (Wildman–Crippen LogP) is 2.97. The van der Waals surface area contributed by atoms with Crippen LogP contribution in [-0.2, 0) is 0 Å². The minimum Gasteiger partial charge on any atom is -0.338 e. The summed E-state index contributed by atoms with van der Waals surface area (Å²) in [5.74, 6) is 0.155. The molecule has 1 amide bonds. The zero-order valence-corrected chi connectivity index (χ0v) is 12.9. The molecular formula is C16H16N4OS. The molecule has 6 heteroatoms. The lowest BCUT2D eigenvalue weighted by atomic mass is 10.0. The Balaban J connectivity index is 1.49. The van der Waals surface area contributed by atoms with E-state index in [9.17, 15) is 4.79 Å². The van der Waals surface area contributed by atoms with E-state index in [0.29, 0.717) is 6.04 Å². The van der Waals surface area contributed by atoms with Crippen molar-refractivity contribution in [2.45, 2.75) is 18.9 Å². The number of piperidine rings is 1. The lowest BCUT2D eigenvalue weighted by molar-refractivity contribution is 0.0701. The molecular weight excluding hydrogens is 296 g/mol. The van der Waals surface area contributed by atoms with E-state index in [2.05, 4.69) is 14.5 Å². The van der Waals surface area contributed by atoms with Gasteiger partial charge >= 0.3 is 0 Å². The SMILES string of the molecule is O=C(c1cccs1)N1CCC(n2cnc3cccnc32)CC1. The van der Waals surface area contributed by atoms with Gasteiger partial charge in [0.05, 0.1) is 11.2 Å². The molecule has 0 radical (unpaired) electrons. The van der Waals surface area contributed by atoms with Crippen LogP contribution in [0.3, 0.4) is 0 Å². The summed E-state index contributed by atoms with van der Waals surface area (Å²) < 4.78 is 2.16. The van der Waals surface area contributed by atoms with E-state index in [1.807, 2.05) is 40.9 Å². The van der Waals surface area contributed by atoms with Gasteiger partial charge in [0.15, 0.2) is 5.65 Å². The quantitative estimate of drug-likeness (QED) is 0.731. The van der Waals surface area contributed by atoms with Gasteiger partial charge in [-0.2, -0.15) is 0 Å². The van der Waals surface area contributed by atoms with Crippen molar-refractivity contribution in [2.24, 2.45) is 0 Å². The number of rotatable bonds is 2. The van der Waals surface area contributed by atoms with Gasteiger partial charge in [-0.25, -0.2) is 9.97 Å². The Morgan fingerprint density at radius 3 is 2.82 bits per heavy atom. The van der Waals surface area contributed by atoms with Gasteiger partial charge in [-0.3, -0.25) is 4.79 Å². The lowest BCUT2D eigenvalue weighted by Gasteiger charge is -2.32. The van der Waals surface area contributed by atoms with Gasteiger partial charge in [0.25, 0.3) is 5.91 Å². The zero-order valence-electron chi connectivity index (χ0n) is 12.1. The highest BCUT2D eigenvalue weighted by molar-refractivity contribution is 7.12. The molecule has 4 heterocycles. The fourth-order valence-electron chi connectivity index (χ4n) is 3.04. The molecule has 3 aromatic heterocycles. The average molecular weight is 312 g/mol. The van der Waals surface area contributed by atoms with Crippen LogP contribution < -0.4 is 0 Å². The predicted molar refractivity (Wildman–Crippen MR) is 86.0 cm³/mol. The fraction of sp³-hybridized carbons (Fsp3) is 0.312. The zero-order chi connectivity index (χ0) is 14.9. The first-order valence-corrected chi connectivity index (χ1v) is 8.31. The van der Waals surface area contributed by atoms with Crippen molar-refractivity contribution in [1.82, 2.24) is 19.4 Å². The Morgan fingerprint density at radius 1 is 1.18 bits per heavy atom. The molecule has 5 nitrogen and oxygen atoms in total. The molecule has 4 rings (SSSR count). The molecule has 112 valence electrons. The minimum atomic E-state index is 0.155. The van der Waals surface area contributed by atoms with Crippen LogP contribution >= 0.6 is 11.3 Å². The Morgan fingerprint density at radius 2 is 2.05 bits per heavy atom. The molecule has 3 aromatic rings. The number of carbonyl (C=O) groups excluding carboxylic acids is 1. The summed E-state index contributed by atoms with van der Waals surface area (Å²) in [4.78, 5) is 24.0. The molecule has 1 saturated heterocycles. The summed E-state index contributed by atoms with van der Waals surface area (Å²) in [6.45, 7) is 1.57. The van der Waals surface area contributed by atoms with E-state index in [1.54, 1.807) is 6.20 Å². The number of aromatic nitrogens is 3. The molecule has 0 aliphatic carbocycles. The third-order valence-corrected chi connectivity index (χ3v) is 5.07. The fourth-order valence-corrected chi connectivity index (χ4v) is 3.73. The number of amides is 1. The van der Waals surface area contributed by atoms with Crippen molar-refractivity contribution in [3.05, 3.63) is 47.0 Å². The van der Waals surface area contributed by atoms with E-state index < -0.39 is 0 Å². The molecule has 0 spiro atoms. The van der Waals surface area contributed by atoms with Gasteiger partial charge in [-0.15, -0.1) is 11.3 Å². The van der Waals surface area contributed by atoms with Crippen molar-refractivity contribution in [1.29, 1.82) is 0 Å². The number of imidazole rings is 1. The summed E-state index contributed by atoms with van der Waals surface area (Å²) >= 11 is 1.51. The van der Waals surface area contributed by atoms with Crippen LogP contribution in [0.5, 0.6) is 0 Å². The Labute approximate surface area is 132 Å². The van der Waals surface area contributed by atoms with Crippen molar-refractivity contribution < 1.29 is 4.79 Å². The van der Waals surface area contributed by atoms with Crippen molar-refractivity contribution in [2.75, 3.05) is 13.1 Å². The van der Waals surface area contributed by atoms with E-state index in [-0.39, 0.29) is 5.91 Å². The summed E-state index contributed by atoms with van der Waals surface area (Å²) in [6.07, 6.45) is 5.56. The molecule has 1 fully saturated rings. The Bertz CT molecular complexity index is 787. The molecule has 0 saturated carbocycles. The summed E-state index contributed by atoms with van der Waals surface area (Å²) in [7, 11) is 0. The highest BCUT2D eigenvalue weighted by Gasteiger charge is 2.25. The first-order chi connectivity index (χ1) is 10.8. The molecule has 0 atom stereocenters. The normalized spacial score (nSPS) is 16.3. The van der Waals surface area contributed by atoms with Crippen molar-refractivity contribution in [3.8, 4) is 0 Å². The second-order valence-corrected chi connectivity index (χ2v) is 6.45. The largest absolute Gasteiger partial charge is 0.338 e. The third kappa shape index (κ3) is 2.29. The molecule has 1 aliphatic heterocycles. The number of hydrogen-bond acceptors (Lipinski definition) is 4. The number of pyridine rings is 1. The second-order valence-electron chi connectivity index (χ2n) is 5.50. The van der Waals surface area contributed by atoms with Gasteiger partial charge in [0, 0.05) is 25.3 Å². The lowest BCUT2D eigenvalue weighted by Crippen LogP contribution is -2.38. The third-order valence-electron chi connectivity index (χ3n) is 4.21. The summed E-state index contributed by atoms with van der Waals surface area (Å²) in [5.41, 5.74) is 1.87. The number of thiophene rings is 1. The van der Waals surface area contributed by atoms with Crippen molar-refractivity contribution >= 4 is 28.4 Å². The highest BCUT2D eigenvalue weighted by Crippen LogP contribution is 2.26. The first-order valence-electron chi connectivity index (χ1n) is 7.43. The number of nitrogens with zero attached hydrogens (tertiary/aromatic N) is 4. The van der Waals surface area contributed by atoms with Gasteiger partial charge in [-0.1, -0.05) is 6.07 Å². The number of hydrogen-bond donors (Lipinski definition) is 0. The van der Waals surface area contributed by atoms with Gasteiger partial charge < -0.3 is 9.47 Å². The van der Waals surface area contributed by atoms with Gasteiger partial charge in [0.1, 0.15) is 5.52 Å². The van der Waals surface area contributed by atoms with Gasteiger partial charge in [0.2, 0.25) is 0 Å². The first kappa shape index (κ1) is 13.5. The Hall–Kier alpha value is -2.21. The molecule has 0 bridgehead atoms. The maximum atomic E-state index is 12.4. The van der Waals surface area contributed by atoms with Crippen LogP contribution in [-0.4, -0.2) is 38.4 Å². The molecule has 0 aromatic carbocycles. The van der Waals surface area contributed by atoms with Crippen LogP contribution in [0.15, 0.2) is 42.2 Å². The number of likely N-dealkylation sites (tertiary alicyclic amines) is 1. The maximum Gasteiger partial charge on any atom is 0.263 e. The standard InChI is InChI=1S/C16H16N4OS/c21-16(14-4-2-10-22-14)19-8-5-12(6-9-19)20-11-18-13-3-1-7-17-15(13)20/h1-4,7,10-12H,5-6,8-9H2. The van der Waals surface area contributed by atoms with E-state index in [0.717, 1.165) is 42.0 Å². The van der Waals surface area contributed by atoms with Gasteiger partial charge in [-0.05, 0) is 36.4 Å².